The average Bonchev–Trinajstić information content (AvgIpc) is 2.99. The number of aromatic amines is 1. The lowest BCUT2D eigenvalue weighted by molar-refractivity contribution is 0.0948. The number of aryl methyl sites for hydroxylation is 1. The molecule has 2 heterocycles. The van der Waals surface area contributed by atoms with Gasteiger partial charge in [-0.15, -0.1) is 0 Å². The van der Waals surface area contributed by atoms with Crippen LogP contribution in [0.25, 0.3) is 0 Å². The molecule has 22 heavy (non-hydrogen) atoms. The Morgan fingerprint density at radius 1 is 1.36 bits per heavy atom. The van der Waals surface area contributed by atoms with Crippen LogP contribution >= 0.6 is 0 Å². The van der Waals surface area contributed by atoms with Crippen LogP contribution in [0.3, 0.4) is 0 Å². The molecule has 0 unspecified atom stereocenters. The molecule has 0 atom stereocenters. The zero-order chi connectivity index (χ0) is 15.9. The van der Waals surface area contributed by atoms with Crippen LogP contribution in [0.2, 0.25) is 0 Å². The summed E-state index contributed by atoms with van der Waals surface area (Å²) in [6.07, 6.45) is -0.226. The molecule has 0 bridgehead atoms. The predicted octanol–water partition coefficient (Wildman–Crippen LogP) is 2.28. The van der Waals surface area contributed by atoms with Gasteiger partial charge in [0.1, 0.15) is 17.2 Å². The van der Waals surface area contributed by atoms with Crippen LogP contribution in [-0.4, -0.2) is 34.2 Å². The molecule has 118 valence electrons. The Morgan fingerprint density at radius 2 is 2.18 bits per heavy atom. The molecular weight excluding hydrogens is 292 g/mol. The van der Waals surface area contributed by atoms with Crippen LogP contribution in [0.1, 0.15) is 34.6 Å². The molecule has 0 aliphatic carbocycles. The van der Waals surface area contributed by atoms with E-state index in [2.05, 4.69) is 25.8 Å². The average molecular weight is 309 g/mol. The molecule has 0 fully saturated rings. The number of halogens is 2. The molecule has 6 nitrogen and oxygen atoms in total. The largest absolute Gasteiger partial charge is 0.370 e. The summed E-state index contributed by atoms with van der Waals surface area (Å²) in [7, 11) is 0. The monoisotopic (exact) mass is 309 g/mol. The summed E-state index contributed by atoms with van der Waals surface area (Å²) in [4.78, 5) is 15.9. The molecule has 0 aromatic carbocycles. The second-order valence-corrected chi connectivity index (χ2v) is 4.77. The van der Waals surface area contributed by atoms with E-state index in [0.29, 0.717) is 19.5 Å². The van der Waals surface area contributed by atoms with Gasteiger partial charge < -0.3 is 10.6 Å². The highest BCUT2D eigenvalue weighted by molar-refractivity contribution is 5.92. The maximum Gasteiger partial charge on any atom is 0.279 e. The molecule has 8 heteroatoms. The van der Waals surface area contributed by atoms with E-state index >= 15 is 0 Å². The SMILES string of the molecule is Cc1ccc(NCCCNC(=O)c2cc(C(F)F)[nH]n2)nc1. The Bertz CT molecular complexity index is 612. The number of hydrogen-bond acceptors (Lipinski definition) is 4. The van der Waals surface area contributed by atoms with Gasteiger partial charge in [0.25, 0.3) is 12.3 Å². The predicted molar refractivity (Wildman–Crippen MR) is 78.0 cm³/mol. The summed E-state index contributed by atoms with van der Waals surface area (Å²) in [5.74, 6) is 0.294. The fourth-order valence-electron chi connectivity index (χ4n) is 1.73. The zero-order valence-corrected chi connectivity index (χ0v) is 12.1. The Labute approximate surface area is 126 Å². The molecule has 0 aliphatic rings. The number of pyridine rings is 1. The van der Waals surface area contributed by atoms with Gasteiger partial charge in [0, 0.05) is 19.3 Å². The van der Waals surface area contributed by atoms with Crippen molar-refractivity contribution in [1.82, 2.24) is 20.5 Å². The minimum absolute atomic E-state index is 0.0385. The van der Waals surface area contributed by atoms with Gasteiger partial charge in [-0.3, -0.25) is 9.89 Å². The number of anilines is 1. The third kappa shape index (κ3) is 4.51. The first kappa shape index (κ1) is 15.9. The first-order chi connectivity index (χ1) is 10.6. The van der Waals surface area contributed by atoms with Gasteiger partial charge in [0.05, 0.1) is 0 Å². The molecule has 0 spiro atoms. The maximum atomic E-state index is 12.4. The Morgan fingerprint density at radius 3 is 2.82 bits per heavy atom. The number of nitrogens with one attached hydrogen (secondary N) is 3. The number of amides is 1. The fraction of sp³-hybridized carbons (Fsp3) is 0.357. The number of carbonyl (C=O) groups is 1. The number of alkyl halides is 2. The third-order valence-corrected chi connectivity index (χ3v) is 2.92. The smallest absolute Gasteiger partial charge is 0.279 e. The Kier molecular flexibility index (Phi) is 5.40. The highest BCUT2D eigenvalue weighted by atomic mass is 19.3. The lowest BCUT2D eigenvalue weighted by Crippen LogP contribution is -2.26. The zero-order valence-electron chi connectivity index (χ0n) is 12.1. The van der Waals surface area contributed by atoms with Crippen molar-refractivity contribution >= 4 is 11.7 Å². The van der Waals surface area contributed by atoms with Gasteiger partial charge in [-0.2, -0.15) is 5.10 Å². The number of H-pyrrole nitrogens is 1. The van der Waals surface area contributed by atoms with Crippen LogP contribution < -0.4 is 10.6 Å². The number of rotatable bonds is 7. The van der Waals surface area contributed by atoms with Crippen molar-refractivity contribution in [2.45, 2.75) is 19.8 Å². The summed E-state index contributed by atoms with van der Waals surface area (Å²) in [6, 6.07) is 4.88. The first-order valence-corrected chi connectivity index (χ1v) is 6.84. The summed E-state index contributed by atoms with van der Waals surface area (Å²) in [6.45, 7) is 3.01. The number of aromatic nitrogens is 3. The highest BCUT2D eigenvalue weighted by Gasteiger charge is 2.14. The van der Waals surface area contributed by atoms with Crippen LogP contribution in [-0.2, 0) is 0 Å². The molecule has 2 rings (SSSR count). The fourth-order valence-corrected chi connectivity index (χ4v) is 1.73. The van der Waals surface area contributed by atoms with Crippen molar-refractivity contribution in [3.63, 3.8) is 0 Å². The standard InChI is InChI=1S/C14H17F2N5O/c1-9-3-4-12(19-8-9)17-5-2-6-18-14(22)11-7-10(13(15)16)20-21-11/h3-4,7-8,13H,2,5-6H2,1H3,(H,17,19)(H,18,22)(H,20,21). The van der Waals surface area contributed by atoms with E-state index in [0.717, 1.165) is 17.4 Å². The van der Waals surface area contributed by atoms with Gasteiger partial charge >= 0.3 is 0 Å². The topological polar surface area (TPSA) is 82.7 Å². The lowest BCUT2D eigenvalue weighted by Gasteiger charge is -2.06. The summed E-state index contributed by atoms with van der Waals surface area (Å²) >= 11 is 0. The molecule has 2 aromatic heterocycles. The third-order valence-electron chi connectivity index (χ3n) is 2.92. The van der Waals surface area contributed by atoms with Crippen LogP contribution in [0.4, 0.5) is 14.6 Å². The van der Waals surface area contributed by atoms with E-state index in [1.807, 2.05) is 19.1 Å². The van der Waals surface area contributed by atoms with Gasteiger partial charge in [-0.25, -0.2) is 13.8 Å². The normalized spacial score (nSPS) is 10.7. The molecule has 1 amide bonds. The van der Waals surface area contributed by atoms with Crippen molar-refractivity contribution in [2.24, 2.45) is 0 Å². The molecule has 2 aromatic rings. The summed E-state index contributed by atoms with van der Waals surface area (Å²) in [5.41, 5.74) is 0.681. The second-order valence-electron chi connectivity index (χ2n) is 4.77. The van der Waals surface area contributed by atoms with Crippen molar-refractivity contribution in [3.05, 3.63) is 41.3 Å². The Hall–Kier alpha value is -2.51. The lowest BCUT2D eigenvalue weighted by atomic mass is 10.3. The van der Waals surface area contributed by atoms with Crippen LogP contribution in [0.15, 0.2) is 24.4 Å². The Balaban J connectivity index is 1.67. The molecular formula is C14H17F2N5O. The molecule has 0 radical (unpaired) electrons. The van der Waals surface area contributed by atoms with Gasteiger partial charge in [0.2, 0.25) is 0 Å². The highest BCUT2D eigenvalue weighted by Crippen LogP contribution is 2.16. The van der Waals surface area contributed by atoms with E-state index < -0.39 is 12.3 Å². The maximum absolute atomic E-state index is 12.4. The van der Waals surface area contributed by atoms with E-state index in [-0.39, 0.29) is 11.4 Å². The van der Waals surface area contributed by atoms with E-state index in [4.69, 9.17) is 0 Å². The number of hydrogen-bond donors (Lipinski definition) is 3. The second kappa shape index (κ2) is 7.48. The van der Waals surface area contributed by atoms with E-state index in [1.165, 1.54) is 0 Å². The quantitative estimate of drug-likeness (QED) is 0.685. The van der Waals surface area contributed by atoms with E-state index in [9.17, 15) is 13.6 Å². The number of carbonyl (C=O) groups excluding carboxylic acids is 1. The molecule has 0 saturated carbocycles. The minimum atomic E-state index is -2.67. The van der Waals surface area contributed by atoms with Crippen molar-refractivity contribution in [3.8, 4) is 0 Å². The van der Waals surface area contributed by atoms with Crippen LogP contribution in [0.5, 0.6) is 0 Å². The summed E-state index contributed by atoms with van der Waals surface area (Å²) in [5, 5.41) is 11.4. The van der Waals surface area contributed by atoms with Crippen molar-refractivity contribution in [2.75, 3.05) is 18.4 Å². The van der Waals surface area contributed by atoms with Crippen molar-refractivity contribution < 1.29 is 13.6 Å². The minimum Gasteiger partial charge on any atom is -0.370 e. The van der Waals surface area contributed by atoms with E-state index in [1.54, 1.807) is 6.20 Å². The van der Waals surface area contributed by atoms with Crippen LogP contribution in [0, 0.1) is 6.92 Å². The molecule has 3 N–H and O–H groups in total. The molecule has 0 saturated heterocycles. The first-order valence-electron chi connectivity index (χ1n) is 6.84. The van der Waals surface area contributed by atoms with Gasteiger partial charge in [-0.1, -0.05) is 6.07 Å². The summed E-state index contributed by atoms with van der Waals surface area (Å²) < 4.78 is 24.7. The number of nitrogens with zero attached hydrogens (tertiary/aromatic N) is 2. The van der Waals surface area contributed by atoms with Gasteiger partial charge in [0.15, 0.2) is 0 Å². The van der Waals surface area contributed by atoms with Gasteiger partial charge in [-0.05, 0) is 31.0 Å². The molecule has 0 aliphatic heterocycles. The van der Waals surface area contributed by atoms with Crippen molar-refractivity contribution in [1.29, 1.82) is 0 Å².